The summed E-state index contributed by atoms with van der Waals surface area (Å²) in [5.74, 6) is -4.57. The van der Waals surface area contributed by atoms with Crippen LogP contribution < -0.4 is 0 Å². The molecule has 188 valence electrons. The molecule has 6 atom stereocenters. The highest BCUT2D eigenvalue weighted by Crippen LogP contribution is 2.42. The number of hydrogen-bond donors (Lipinski definition) is 2. The summed E-state index contributed by atoms with van der Waals surface area (Å²) < 4.78 is 46.7. The Hall–Kier alpha value is -2.58. The van der Waals surface area contributed by atoms with Crippen LogP contribution in [0.15, 0.2) is 0 Å². The van der Waals surface area contributed by atoms with E-state index in [9.17, 15) is 38.3 Å². The van der Waals surface area contributed by atoms with Crippen LogP contribution in [0, 0.1) is 0 Å². The van der Waals surface area contributed by atoms with Gasteiger partial charge >= 0.3 is 37.7 Å². The number of hydrogen-bond acceptors (Lipinski definition) is 13. The van der Waals surface area contributed by atoms with Crippen molar-refractivity contribution in [3.05, 3.63) is 0 Å². The Balaban J connectivity index is 3.58. The fourth-order valence-electron chi connectivity index (χ4n) is 2.93. The summed E-state index contributed by atoms with van der Waals surface area (Å²) in [5, 5.41) is 0. The zero-order valence-electron chi connectivity index (χ0n) is 18.3. The molecule has 1 heterocycles. The Morgan fingerprint density at radius 1 is 0.788 bits per heavy atom. The van der Waals surface area contributed by atoms with Crippen molar-refractivity contribution < 1.29 is 71.3 Å². The van der Waals surface area contributed by atoms with Crippen LogP contribution in [0.1, 0.15) is 34.6 Å². The molecule has 16 heteroatoms. The Morgan fingerprint density at radius 3 is 1.70 bits per heavy atom. The van der Waals surface area contributed by atoms with E-state index in [-0.39, 0.29) is 0 Å². The molecule has 0 bridgehead atoms. The van der Waals surface area contributed by atoms with Crippen molar-refractivity contribution >= 4 is 37.7 Å². The number of carbonyl (C=O) groups is 5. The molecule has 0 aliphatic carbocycles. The highest BCUT2D eigenvalue weighted by Gasteiger charge is 2.56. The highest BCUT2D eigenvalue weighted by molar-refractivity contribution is 7.46. The predicted octanol–water partition coefficient (Wildman–Crippen LogP) is -0.889. The molecule has 0 saturated carbocycles. The number of esters is 5. The Labute approximate surface area is 187 Å². The molecular weight excluding hydrogens is 475 g/mol. The monoisotopic (exact) mass is 500 g/mol. The molecule has 15 nitrogen and oxygen atoms in total. The van der Waals surface area contributed by atoms with Crippen LogP contribution in [0.3, 0.4) is 0 Å². The van der Waals surface area contributed by atoms with Crippen molar-refractivity contribution in [1.82, 2.24) is 0 Å². The number of phosphoric ester groups is 1. The lowest BCUT2D eigenvalue weighted by Gasteiger charge is -2.45. The van der Waals surface area contributed by atoms with E-state index >= 15 is 0 Å². The quantitative estimate of drug-likeness (QED) is 0.224. The molecule has 1 aliphatic rings. The van der Waals surface area contributed by atoms with Crippen molar-refractivity contribution in [3.63, 3.8) is 0 Å². The summed E-state index contributed by atoms with van der Waals surface area (Å²) in [6.45, 7) is 4.28. The van der Waals surface area contributed by atoms with Crippen molar-refractivity contribution in [3.8, 4) is 0 Å². The van der Waals surface area contributed by atoms with Crippen LogP contribution in [0.2, 0.25) is 0 Å². The van der Waals surface area contributed by atoms with E-state index in [2.05, 4.69) is 4.52 Å². The summed E-state index contributed by atoms with van der Waals surface area (Å²) >= 11 is 0. The summed E-state index contributed by atoms with van der Waals surface area (Å²) in [5.41, 5.74) is 0. The number of rotatable bonds is 9. The van der Waals surface area contributed by atoms with Gasteiger partial charge in [-0.1, -0.05) is 0 Å². The standard InChI is InChI=1S/C17H25O15P/c1-7(18)26-6-12(27-8(2)19)13-14(28-9(3)20)15(29-10(4)21)16(30-11(5)22)17(31-13)32-33(23,24)25/h12-17H,6H2,1-5H3,(H2,23,24,25)/t12-,13?,14+,15?,16?,17-/m0/s1. The van der Waals surface area contributed by atoms with Gasteiger partial charge in [-0.3, -0.25) is 28.5 Å². The highest BCUT2D eigenvalue weighted by atomic mass is 31.2. The fourth-order valence-corrected chi connectivity index (χ4v) is 3.37. The van der Waals surface area contributed by atoms with Crippen LogP contribution in [-0.4, -0.2) is 83.1 Å². The SMILES string of the molecule is CC(=O)OC[C@H](OC(C)=O)C1O[C@@H](OP(=O)(O)O)C(OC(C)=O)C(OC(C)=O)[C@@H]1OC(C)=O. The average Bonchev–Trinajstić information content (AvgIpc) is 2.60. The van der Waals surface area contributed by atoms with Gasteiger partial charge in [0.05, 0.1) is 0 Å². The van der Waals surface area contributed by atoms with Crippen LogP contribution in [0.25, 0.3) is 0 Å². The topological polar surface area (TPSA) is 207 Å². The van der Waals surface area contributed by atoms with Crippen molar-refractivity contribution in [2.75, 3.05) is 6.61 Å². The Morgan fingerprint density at radius 2 is 1.27 bits per heavy atom. The number of ether oxygens (including phenoxy) is 6. The maximum absolute atomic E-state index is 11.8. The van der Waals surface area contributed by atoms with Crippen molar-refractivity contribution in [2.45, 2.75) is 71.4 Å². The molecule has 0 aromatic heterocycles. The summed E-state index contributed by atoms with van der Waals surface area (Å²) in [7, 11) is -5.30. The third kappa shape index (κ3) is 9.84. The van der Waals surface area contributed by atoms with E-state index in [0.29, 0.717) is 0 Å². The minimum atomic E-state index is -5.30. The fraction of sp³-hybridized carbons (Fsp3) is 0.706. The Kier molecular flexibility index (Phi) is 10.4. The summed E-state index contributed by atoms with van der Waals surface area (Å²) in [6.07, 6.45) is -10.5. The molecule has 3 unspecified atom stereocenters. The van der Waals surface area contributed by atoms with Crippen molar-refractivity contribution in [2.24, 2.45) is 0 Å². The van der Waals surface area contributed by atoms with E-state index in [1.54, 1.807) is 0 Å². The molecule has 0 radical (unpaired) electrons. The lowest BCUT2D eigenvalue weighted by Crippen LogP contribution is -2.65. The van der Waals surface area contributed by atoms with Crippen LogP contribution in [0.4, 0.5) is 0 Å². The molecule has 1 aliphatic heterocycles. The van der Waals surface area contributed by atoms with Gasteiger partial charge in [0.1, 0.15) is 12.7 Å². The Bertz CT molecular complexity index is 804. The first-order chi connectivity index (χ1) is 15.1. The van der Waals surface area contributed by atoms with Crippen LogP contribution in [0.5, 0.6) is 0 Å². The minimum Gasteiger partial charge on any atom is -0.462 e. The van der Waals surface area contributed by atoms with E-state index in [4.69, 9.17) is 28.4 Å². The normalized spacial score (nSPS) is 25.8. The van der Waals surface area contributed by atoms with Gasteiger partial charge < -0.3 is 38.2 Å². The smallest absolute Gasteiger partial charge is 0.462 e. The maximum Gasteiger partial charge on any atom is 0.472 e. The van der Waals surface area contributed by atoms with Gasteiger partial charge in [-0.2, -0.15) is 0 Å². The maximum atomic E-state index is 11.8. The second kappa shape index (κ2) is 12.0. The predicted molar refractivity (Wildman–Crippen MR) is 101 cm³/mol. The zero-order chi connectivity index (χ0) is 25.5. The number of carbonyl (C=O) groups excluding carboxylic acids is 5. The molecular formula is C17H25O15P. The van der Waals surface area contributed by atoms with Gasteiger partial charge in [-0.05, 0) is 0 Å². The first kappa shape index (κ1) is 28.5. The zero-order valence-corrected chi connectivity index (χ0v) is 19.2. The second-order valence-electron chi connectivity index (χ2n) is 6.74. The third-order valence-electron chi connectivity index (χ3n) is 3.81. The van der Waals surface area contributed by atoms with Gasteiger partial charge in [-0.15, -0.1) is 0 Å². The van der Waals surface area contributed by atoms with E-state index in [1.165, 1.54) is 0 Å². The lowest BCUT2D eigenvalue weighted by atomic mass is 9.94. The molecule has 1 fully saturated rings. The van der Waals surface area contributed by atoms with Gasteiger partial charge in [-0.25, -0.2) is 4.57 Å². The minimum absolute atomic E-state index is 0.648. The van der Waals surface area contributed by atoms with Crippen LogP contribution >= 0.6 is 7.82 Å². The molecule has 2 N–H and O–H groups in total. The van der Waals surface area contributed by atoms with Gasteiger partial charge in [0, 0.05) is 34.6 Å². The van der Waals surface area contributed by atoms with Crippen LogP contribution in [-0.2, 0) is 61.5 Å². The molecule has 33 heavy (non-hydrogen) atoms. The molecule has 1 saturated heterocycles. The number of phosphoric acid groups is 1. The molecule has 0 spiro atoms. The van der Waals surface area contributed by atoms with Crippen molar-refractivity contribution in [1.29, 1.82) is 0 Å². The van der Waals surface area contributed by atoms with Gasteiger partial charge in [0.15, 0.2) is 24.4 Å². The molecule has 0 aromatic carbocycles. The molecule has 1 rings (SSSR count). The van der Waals surface area contributed by atoms with Gasteiger partial charge in [0.2, 0.25) is 6.29 Å². The molecule has 0 aromatic rings. The first-order valence-corrected chi connectivity index (χ1v) is 10.9. The van der Waals surface area contributed by atoms with E-state index < -0.39 is 81.1 Å². The summed E-state index contributed by atoms with van der Waals surface area (Å²) in [6, 6.07) is 0. The largest absolute Gasteiger partial charge is 0.472 e. The first-order valence-electron chi connectivity index (χ1n) is 9.32. The lowest BCUT2D eigenvalue weighted by molar-refractivity contribution is -0.302. The van der Waals surface area contributed by atoms with Gasteiger partial charge in [0.25, 0.3) is 0 Å². The second-order valence-corrected chi connectivity index (χ2v) is 7.93. The van der Waals surface area contributed by atoms with E-state index in [0.717, 1.165) is 34.6 Å². The van der Waals surface area contributed by atoms with E-state index in [1.807, 2.05) is 0 Å². The third-order valence-corrected chi connectivity index (χ3v) is 4.30. The summed E-state index contributed by atoms with van der Waals surface area (Å²) in [4.78, 5) is 76.5. The average molecular weight is 500 g/mol. The molecule has 0 amide bonds.